The lowest BCUT2D eigenvalue weighted by molar-refractivity contribution is -0.133. The summed E-state index contributed by atoms with van der Waals surface area (Å²) in [5.74, 6) is 0.0444. The van der Waals surface area contributed by atoms with Crippen molar-refractivity contribution in [1.82, 2.24) is 14.4 Å². The minimum atomic E-state index is -0.0434. The van der Waals surface area contributed by atoms with Crippen molar-refractivity contribution in [3.05, 3.63) is 60.2 Å². The standard InChI is InChI=1S/C20H21N3O3/c1-15-12-16-4-2-3-5-18(16)23(15)13-19(24)21-7-9-22(10-8-21)20(25)17-6-11-26-14-17/h2-6,11-12,14H,7-10,13H2,1H3. The number of piperazine rings is 1. The van der Waals surface area contributed by atoms with Crippen LogP contribution in [0.15, 0.2) is 53.3 Å². The first-order chi connectivity index (χ1) is 12.6. The van der Waals surface area contributed by atoms with Gasteiger partial charge in [-0.3, -0.25) is 9.59 Å². The fourth-order valence-electron chi connectivity index (χ4n) is 3.52. The molecule has 1 aliphatic heterocycles. The number of nitrogens with zero attached hydrogens (tertiary/aromatic N) is 3. The molecule has 134 valence electrons. The van der Waals surface area contributed by atoms with Crippen molar-refractivity contribution in [2.45, 2.75) is 13.5 Å². The van der Waals surface area contributed by atoms with Crippen molar-refractivity contribution in [2.24, 2.45) is 0 Å². The number of aryl methyl sites for hydroxylation is 1. The Morgan fingerprint density at radius 3 is 2.50 bits per heavy atom. The lowest BCUT2D eigenvalue weighted by Crippen LogP contribution is -2.51. The zero-order chi connectivity index (χ0) is 18.1. The maximum Gasteiger partial charge on any atom is 0.257 e. The van der Waals surface area contributed by atoms with Gasteiger partial charge >= 0.3 is 0 Å². The molecule has 0 unspecified atom stereocenters. The molecule has 1 fully saturated rings. The van der Waals surface area contributed by atoms with E-state index in [0.717, 1.165) is 16.6 Å². The highest BCUT2D eigenvalue weighted by molar-refractivity contribution is 5.94. The van der Waals surface area contributed by atoms with E-state index in [1.165, 1.54) is 12.5 Å². The minimum Gasteiger partial charge on any atom is -0.472 e. The summed E-state index contributed by atoms with van der Waals surface area (Å²) in [7, 11) is 0. The van der Waals surface area contributed by atoms with Crippen LogP contribution in [0.25, 0.3) is 10.9 Å². The summed E-state index contributed by atoms with van der Waals surface area (Å²) in [6, 6.07) is 11.9. The Morgan fingerprint density at radius 2 is 1.77 bits per heavy atom. The lowest BCUT2D eigenvalue weighted by atomic mass is 10.2. The van der Waals surface area contributed by atoms with E-state index in [1.54, 1.807) is 11.0 Å². The number of amides is 2. The van der Waals surface area contributed by atoms with Gasteiger partial charge < -0.3 is 18.8 Å². The summed E-state index contributed by atoms with van der Waals surface area (Å²) in [4.78, 5) is 28.7. The number of carbonyl (C=O) groups excluding carboxylic acids is 2. The van der Waals surface area contributed by atoms with Gasteiger partial charge in [0, 0.05) is 37.4 Å². The highest BCUT2D eigenvalue weighted by Gasteiger charge is 2.25. The van der Waals surface area contributed by atoms with Crippen molar-refractivity contribution in [3.8, 4) is 0 Å². The Kier molecular flexibility index (Phi) is 4.24. The SMILES string of the molecule is Cc1cc2ccccc2n1CC(=O)N1CCN(C(=O)c2ccoc2)CC1. The van der Waals surface area contributed by atoms with E-state index >= 15 is 0 Å². The minimum absolute atomic E-state index is 0.0434. The van der Waals surface area contributed by atoms with Gasteiger partial charge in [-0.25, -0.2) is 0 Å². The molecule has 2 aromatic heterocycles. The van der Waals surface area contributed by atoms with Gasteiger partial charge in [-0.1, -0.05) is 18.2 Å². The average molecular weight is 351 g/mol. The summed E-state index contributed by atoms with van der Waals surface area (Å²) in [5.41, 5.74) is 2.71. The van der Waals surface area contributed by atoms with E-state index < -0.39 is 0 Å². The topological polar surface area (TPSA) is 58.7 Å². The number of aromatic nitrogens is 1. The molecule has 0 radical (unpaired) electrons. The van der Waals surface area contributed by atoms with Gasteiger partial charge in [-0.2, -0.15) is 0 Å². The molecule has 0 bridgehead atoms. The van der Waals surface area contributed by atoms with Crippen LogP contribution in [0.2, 0.25) is 0 Å². The van der Waals surface area contributed by atoms with Crippen molar-refractivity contribution in [1.29, 1.82) is 0 Å². The van der Waals surface area contributed by atoms with E-state index in [4.69, 9.17) is 4.42 Å². The predicted octanol–water partition coefficient (Wildman–Crippen LogP) is 2.53. The van der Waals surface area contributed by atoms with Gasteiger partial charge in [0.2, 0.25) is 5.91 Å². The fraction of sp³-hybridized carbons (Fsp3) is 0.300. The summed E-state index contributed by atoms with van der Waals surface area (Å²) >= 11 is 0. The highest BCUT2D eigenvalue weighted by Crippen LogP contribution is 2.19. The fourth-order valence-corrected chi connectivity index (χ4v) is 3.52. The number of hydrogen-bond donors (Lipinski definition) is 0. The van der Waals surface area contributed by atoms with Gasteiger partial charge in [0.05, 0.1) is 11.8 Å². The molecule has 0 atom stereocenters. The molecule has 0 saturated carbocycles. The molecule has 6 nitrogen and oxygen atoms in total. The van der Waals surface area contributed by atoms with Crippen molar-refractivity contribution >= 4 is 22.7 Å². The molecular formula is C20H21N3O3. The number of rotatable bonds is 3. The molecule has 1 aromatic carbocycles. The Bertz CT molecular complexity index is 935. The molecule has 3 heterocycles. The largest absolute Gasteiger partial charge is 0.472 e. The molecule has 4 rings (SSSR count). The van der Waals surface area contributed by atoms with Crippen LogP contribution in [0.5, 0.6) is 0 Å². The molecule has 1 aliphatic rings. The number of para-hydroxylation sites is 1. The van der Waals surface area contributed by atoms with Gasteiger partial charge in [0.1, 0.15) is 12.8 Å². The molecule has 0 N–H and O–H groups in total. The number of hydrogen-bond acceptors (Lipinski definition) is 3. The predicted molar refractivity (Wildman–Crippen MR) is 97.9 cm³/mol. The average Bonchev–Trinajstić information content (AvgIpc) is 3.30. The highest BCUT2D eigenvalue weighted by atomic mass is 16.3. The van der Waals surface area contributed by atoms with Gasteiger partial charge in [-0.05, 0) is 30.5 Å². The Hall–Kier alpha value is -3.02. The second-order valence-corrected chi connectivity index (χ2v) is 6.62. The number of furan rings is 1. The number of benzene rings is 1. The van der Waals surface area contributed by atoms with Crippen LogP contribution in [-0.4, -0.2) is 52.4 Å². The van der Waals surface area contributed by atoms with E-state index in [-0.39, 0.29) is 11.8 Å². The molecule has 1 saturated heterocycles. The zero-order valence-electron chi connectivity index (χ0n) is 14.7. The summed E-state index contributed by atoms with van der Waals surface area (Å²) in [6.07, 6.45) is 2.95. The molecule has 3 aromatic rings. The molecule has 2 amide bonds. The Balaban J connectivity index is 1.41. The maximum absolute atomic E-state index is 12.8. The first kappa shape index (κ1) is 16.4. The lowest BCUT2D eigenvalue weighted by Gasteiger charge is -2.34. The normalized spacial score (nSPS) is 14.8. The molecular weight excluding hydrogens is 330 g/mol. The first-order valence-corrected chi connectivity index (χ1v) is 8.77. The van der Waals surface area contributed by atoms with Crippen LogP contribution in [-0.2, 0) is 11.3 Å². The van der Waals surface area contributed by atoms with E-state index in [1.807, 2.05) is 30.0 Å². The van der Waals surface area contributed by atoms with Crippen LogP contribution < -0.4 is 0 Å². The summed E-state index contributed by atoms with van der Waals surface area (Å²) in [5, 5.41) is 1.15. The van der Waals surface area contributed by atoms with Crippen molar-refractivity contribution in [2.75, 3.05) is 26.2 Å². The van der Waals surface area contributed by atoms with E-state index in [9.17, 15) is 9.59 Å². The molecule has 6 heteroatoms. The number of fused-ring (bicyclic) bond motifs is 1. The third-order valence-electron chi connectivity index (χ3n) is 5.00. The van der Waals surface area contributed by atoms with E-state index in [0.29, 0.717) is 38.3 Å². The van der Waals surface area contributed by atoms with Gasteiger partial charge in [0.15, 0.2) is 0 Å². The molecule has 26 heavy (non-hydrogen) atoms. The maximum atomic E-state index is 12.8. The Morgan fingerprint density at radius 1 is 1.04 bits per heavy atom. The summed E-state index contributed by atoms with van der Waals surface area (Å²) < 4.78 is 7.03. The third kappa shape index (κ3) is 2.98. The van der Waals surface area contributed by atoms with Crippen molar-refractivity contribution in [3.63, 3.8) is 0 Å². The number of carbonyl (C=O) groups is 2. The van der Waals surface area contributed by atoms with Crippen molar-refractivity contribution < 1.29 is 14.0 Å². The second kappa shape index (κ2) is 6.71. The first-order valence-electron chi connectivity index (χ1n) is 8.77. The van der Waals surface area contributed by atoms with Crippen LogP contribution >= 0.6 is 0 Å². The van der Waals surface area contributed by atoms with Gasteiger partial charge in [-0.15, -0.1) is 0 Å². The third-order valence-corrected chi connectivity index (χ3v) is 5.00. The monoisotopic (exact) mass is 351 g/mol. The van der Waals surface area contributed by atoms with Crippen LogP contribution in [0.4, 0.5) is 0 Å². The zero-order valence-corrected chi connectivity index (χ0v) is 14.7. The quantitative estimate of drug-likeness (QED) is 0.729. The molecule has 0 aliphatic carbocycles. The summed E-state index contributed by atoms with van der Waals surface area (Å²) in [6.45, 7) is 4.55. The van der Waals surface area contributed by atoms with Crippen LogP contribution in [0, 0.1) is 6.92 Å². The second-order valence-electron chi connectivity index (χ2n) is 6.62. The van der Waals surface area contributed by atoms with Crippen LogP contribution in [0.3, 0.4) is 0 Å². The molecule has 0 spiro atoms. The van der Waals surface area contributed by atoms with Gasteiger partial charge in [0.25, 0.3) is 5.91 Å². The van der Waals surface area contributed by atoms with E-state index in [2.05, 4.69) is 16.7 Å². The Labute approximate surface area is 151 Å². The smallest absolute Gasteiger partial charge is 0.257 e. The van der Waals surface area contributed by atoms with Crippen LogP contribution in [0.1, 0.15) is 16.1 Å².